The molecule has 0 aliphatic rings. The third-order valence-electron chi connectivity index (χ3n) is 2.05. The van der Waals surface area contributed by atoms with E-state index in [1.54, 1.807) is 0 Å². The van der Waals surface area contributed by atoms with Crippen LogP contribution in [0.2, 0.25) is 0 Å². The molecule has 0 aromatic heterocycles. The molecular weight excluding hydrogens is 166 g/mol. The number of aliphatic hydroxyl groups is 1. The zero-order valence-electron chi connectivity index (χ0n) is 8.67. The molecule has 0 aliphatic carbocycles. The van der Waals surface area contributed by atoms with Gasteiger partial charge < -0.3 is 15.6 Å². The van der Waals surface area contributed by atoms with Gasteiger partial charge in [-0.3, -0.25) is 0 Å². The molecule has 0 aromatic rings. The Morgan fingerprint density at radius 1 is 1.31 bits per heavy atom. The molecule has 3 heteroatoms. The smallest absolute Gasteiger partial charge is 0.0697 e. The van der Waals surface area contributed by atoms with Crippen LogP contribution in [-0.4, -0.2) is 31.0 Å². The topological polar surface area (TPSA) is 55.5 Å². The van der Waals surface area contributed by atoms with E-state index in [0.717, 1.165) is 6.42 Å². The van der Waals surface area contributed by atoms with Gasteiger partial charge in [-0.05, 0) is 12.8 Å². The highest BCUT2D eigenvalue weighted by atomic mass is 16.5. The zero-order chi connectivity index (χ0) is 9.94. The van der Waals surface area contributed by atoms with Crippen molar-refractivity contribution >= 4 is 0 Å². The van der Waals surface area contributed by atoms with Crippen molar-refractivity contribution in [2.45, 2.75) is 45.1 Å². The number of unbranched alkanes of at least 4 members (excludes halogenated alkanes) is 2. The second-order valence-corrected chi connectivity index (χ2v) is 3.30. The Morgan fingerprint density at radius 3 is 2.62 bits per heavy atom. The molecule has 0 aliphatic heterocycles. The van der Waals surface area contributed by atoms with Crippen LogP contribution in [-0.2, 0) is 4.74 Å². The van der Waals surface area contributed by atoms with Crippen LogP contribution < -0.4 is 5.73 Å². The number of aliphatic hydroxyl groups excluding tert-OH is 1. The first-order valence-corrected chi connectivity index (χ1v) is 5.27. The van der Waals surface area contributed by atoms with Gasteiger partial charge in [0.2, 0.25) is 0 Å². The van der Waals surface area contributed by atoms with Crippen LogP contribution in [0.5, 0.6) is 0 Å². The average molecular weight is 189 g/mol. The van der Waals surface area contributed by atoms with Crippen molar-refractivity contribution in [2.75, 3.05) is 19.8 Å². The Kier molecular flexibility index (Phi) is 9.87. The molecule has 0 radical (unpaired) electrons. The van der Waals surface area contributed by atoms with Crippen molar-refractivity contribution in [3.8, 4) is 0 Å². The minimum absolute atomic E-state index is 0.193. The van der Waals surface area contributed by atoms with Gasteiger partial charge in [-0.1, -0.05) is 26.2 Å². The van der Waals surface area contributed by atoms with Crippen molar-refractivity contribution in [2.24, 2.45) is 5.73 Å². The summed E-state index contributed by atoms with van der Waals surface area (Å²) in [6, 6.07) is 0. The predicted molar refractivity (Wildman–Crippen MR) is 54.6 cm³/mol. The number of hydrogen-bond donors (Lipinski definition) is 2. The fraction of sp³-hybridized carbons (Fsp3) is 1.00. The van der Waals surface area contributed by atoms with Crippen LogP contribution in [0, 0.1) is 0 Å². The van der Waals surface area contributed by atoms with Gasteiger partial charge in [0.15, 0.2) is 0 Å². The molecule has 80 valence electrons. The normalized spacial score (nSPS) is 13.2. The monoisotopic (exact) mass is 189 g/mol. The lowest BCUT2D eigenvalue weighted by atomic mass is 10.1. The summed E-state index contributed by atoms with van der Waals surface area (Å²) in [5.74, 6) is 0. The Morgan fingerprint density at radius 2 is 2.08 bits per heavy atom. The van der Waals surface area contributed by atoms with E-state index in [2.05, 4.69) is 6.92 Å². The van der Waals surface area contributed by atoms with Gasteiger partial charge in [0.05, 0.1) is 6.10 Å². The van der Waals surface area contributed by atoms with Crippen LogP contribution in [0.3, 0.4) is 0 Å². The summed E-state index contributed by atoms with van der Waals surface area (Å²) in [6.45, 7) is 3.61. The molecule has 0 bridgehead atoms. The highest BCUT2D eigenvalue weighted by Crippen LogP contribution is 2.05. The lowest BCUT2D eigenvalue weighted by Crippen LogP contribution is -2.24. The Labute approximate surface area is 81.3 Å². The molecule has 1 unspecified atom stereocenters. The molecular formula is C10H23NO2. The number of hydrogen-bond acceptors (Lipinski definition) is 3. The second kappa shape index (κ2) is 9.96. The van der Waals surface area contributed by atoms with Gasteiger partial charge in [0, 0.05) is 19.8 Å². The van der Waals surface area contributed by atoms with E-state index in [4.69, 9.17) is 15.6 Å². The Hall–Kier alpha value is -0.120. The predicted octanol–water partition coefficient (Wildman–Crippen LogP) is 1.29. The summed E-state index contributed by atoms with van der Waals surface area (Å²) in [7, 11) is 0. The van der Waals surface area contributed by atoms with Crippen LogP contribution >= 0.6 is 0 Å². The lowest BCUT2D eigenvalue weighted by Gasteiger charge is -2.15. The minimum Gasteiger partial charge on any atom is -0.396 e. The molecule has 1 atom stereocenters. The van der Waals surface area contributed by atoms with Crippen LogP contribution in [0.15, 0.2) is 0 Å². The van der Waals surface area contributed by atoms with E-state index in [9.17, 15) is 0 Å². The van der Waals surface area contributed by atoms with Crippen molar-refractivity contribution in [1.82, 2.24) is 0 Å². The van der Waals surface area contributed by atoms with Crippen LogP contribution in [0.4, 0.5) is 0 Å². The maximum absolute atomic E-state index is 8.55. The summed E-state index contributed by atoms with van der Waals surface area (Å²) < 4.78 is 5.49. The quantitative estimate of drug-likeness (QED) is 0.537. The van der Waals surface area contributed by atoms with Crippen molar-refractivity contribution in [1.29, 1.82) is 0 Å². The van der Waals surface area contributed by atoms with E-state index in [1.165, 1.54) is 19.3 Å². The van der Waals surface area contributed by atoms with Gasteiger partial charge >= 0.3 is 0 Å². The summed E-state index contributed by atoms with van der Waals surface area (Å²) in [5.41, 5.74) is 5.55. The first-order chi connectivity index (χ1) is 6.35. The van der Waals surface area contributed by atoms with Gasteiger partial charge in [0.1, 0.15) is 0 Å². The van der Waals surface area contributed by atoms with E-state index >= 15 is 0 Å². The van der Waals surface area contributed by atoms with Crippen LogP contribution in [0.1, 0.15) is 39.0 Å². The number of rotatable bonds is 9. The molecule has 3 nitrogen and oxygen atoms in total. The number of ether oxygens (including phenoxy) is 1. The van der Waals surface area contributed by atoms with E-state index < -0.39 is 0 Å². The maximum Gasteiger partial charge on any atom is 0.0697 e. The highest BCUT2D eigenvalue weighted by molar-refractivity contribution is 4.58. The molecule has 0 amide bonds. The van der Waals surface area contributed by atoms with Gasteiger partial charge in [-0.15, -0.1) is 0 Å². The van der Waals surface area contributed by atoms with E-state index in [1.807, 2.05) is 0 Å². The zero-order valence-corrected chi connectivity index (χ0v) is 8.67. The first kappa shape index (κ1) is 12.9. The van der Waals surface area contributed by atoms with Gasteiger partial charge in [-0.2, -0.15) is 0 Å². The third kappa shape index (κ3) is 8.22. The maximum atomic E-state index is 8.55. The van der Waals surface area contributed by atoms with E-state index in [0.29, 0.717) is 19.6 Å². The Bertz CT molecular complexity index is 88.9. The molecule has 0 fully saturated rings. The molecule has 3 N–H and O–H groups in total. The van der Waals surface area contributed by atoms with Crippen LogP contribution in [0.25, 0.3) is 0 Å². The standard InChI is InChI=1S/C10H23NO2/c1-2-3-4-6-10(9-11)13-8-5-7-12/h10,12H,2-9,11H2,1H3. The lowest BCUT2D eigenvalue weighted by molar-refractivity contribution is 0.0428. The summed E-state index contributed by atoms with van der Waals surface area (Å²) >= 11 is 0. The molecule has 0 spiro atoms. The Balaban J connectivity index is 3.28. The largest absolute Gasteiger partial charge is 0.396 e. The molecule has 0 rings (SSSR count). The van der Waals surface area contributed by atoms with Crippen molar-refractivity contribution in [3.05, 3.63) is 0 Å². The fourth-order valence-corrected chi connectivity index (χ4v) is 1.21. The summed E-state index contributed by atoms with van der Waals surface area (Å²) in [4.78, 5) is 0. The molecule has 13 heavy (non-hydrogen) atoms. The van der Waals surface area contributed by atoms with Crippen molar-refractivity contribution < 1.29 is 9.84 Å². The van der Waals surface area contributed by atoms with Crippen molar-refractivity contribution in [3.63, 3.8) is 0 Å². The average Bonchev–Trinajstić information content (AvgIpc) is 2.16. The minimum atomic E-state index is 0.193. The number of nitrogens with two attached hydrogens (primary N) is 1. The third-order valence-corrected chi connectivity index (χ3v) is 2.05. The molecule has 0 heterocycles. The van der Waals surface area contributed by atoms with Gasteiger partial charge in [0.25, 0.3) is 0 Å². The molecule has 0 saturated carbocycles. The fourth-order valence-electron chi connectivity index (χ4n) is 1.21. The van der Waals surface area contributed by atoms with E-state index in [-0.39, 0.29) is 12.7 Å². The summed E-state index contributed by atoms with van der Waals surface area (Å²) in [5, 5.41) is 8.55. The second-order valence-electron chi connectivity index (χ2n) is 3.30. The first-order valence-electron chi connectivity index (χ1n) is 5.27. The molecule has 0 aromatic carbocycles. The van der Waals surface area contributed by atoms with Gasteiger partial charge in [-0.25, -0.2) is 0 Å². The summed E-state index contributed by atoms with van der Waals surface area (Å²) in [6.07, 6.45) is 5.63. The highest BCUT2D eigenvalue weighted by Gasteiger charge is 2.05. The molecule has 0 saturated heterocycles. The SMILES string of the molecule is CCCCCC(CN)OCCCO.